The van der Waals surface area contributed by atoms with Gasteiger partial charge in [0.05, 0.1) is 0 Å². The maximum atomic E-state index is 11.4. The second-order valence-corrected chi connectivity index (χ2v) is 6.36. The Balaban J connectivity index is 3.23. The van der Waals surface area contributed by atoms with Crippen LogP contribution in [0.25, 0.3) is 5.53 Å². The first-order chi connectivity index (χ1) is 11.7. The monoisotopic (exact) mass is 338 g/mol. The second kappa shape index (κ2) is 17.9. The van der Waals surface area contributed by atoms with E-state index in [4.69, 9.17) is 10.3 Å². The Bertz CT molecular complexity index is 377. The van der Waals surface area contributed by atoms with Crippen LogP contribution in [0.2, 0.25) is 0 Å². The molecule has 0 aliphatic carbocycles. The van der Waals surface area contributed by atoms with Crippen molar-refractivity contribution >= 4 is 18.0 Å². The van der Waals surface area contributed by atoms with Crippen molar-refractivity contribution in [1.29, 1.82) is 0 Å². The predicted molar refractivity (Wildman–Crippen MR) is 96.0 cm³/mol. The number of unbranched alkanes of at least 4 members (excludes halogenated alkanes) is 12. The standard InChI is InChI=1S/C19H34N2O3/c1-2-3-4-5-6-7-8-9-10-11-12-13-14-15-19(23)24-17-18(22)16-21-20/h16H,2-15,17H2,1H3. The zero-order valence-corrected chi connectivity index (χ0v) is 15.3. The number of esters is 1. The first kappa shape index (κ1) is 22.5. The average Bonchev–Trinajstić information content (AvgIpc) is 2.57. The maximum absolute atomic E-state index is 11.4. The average molecular weight is 338 g/mol. The Labute approximate surface area is 146 Å². The molecule has 24 heavy (non-hydrogen) atoms. The number of carbonyl (C=O) groups is 2. The van der Waals surface area contributed by atoms with E-state index in [1.54, 1.807) is 0 Å². The molecule has 0 saturated carbocycles. The molecule has 0 aromatic rings. The second-order valence-electron chi connectivity index (χ2n) is 6.36. The van der Waals surface area contributed by atoms with Crippen molar-refractivity contribution in [3.8, 4) is 0 Å². The maximum Gasteiger partial charge on any atom is 0.326 e. The summed E-state index contributed by atoms with van der Waals surface area (Å²) in [6.07, 6.45) is 17.5. The molecule has 0 radical (unpaired) electrons. The molecule has 0 fully saturated rings. The van der Waals surface area contributed by atoms with Crippen LogP contribution in [0.1, 0.15) is 96.8 Å². The highest BCUT2D eigenvalue weighted by molar-refractivity contribution is 6.26. The lowest BCUT2D eigenvalue weighted by atomic mass is 10.0. The Hall–Kier alpha value is -1.48. The van der Waals surface area contributed by atoms with E-state index in [2.05, 4.69) is 11.7 Å². The SMILES string of the molecule is CCCCCCCCCCCCCCCC(=O)OCC(=O)C=[N+]=[N-]. The van der Waals surface area contributed by atoms with Crippen LogP contribution in [0.3, 0.4) is 0 Å². The quantitative estimate of drug-likeness (QED) is 0.125. The van der Waals surface area contributed by atoms with E-state index in [0.29, 0.717) is 6.42 Å². The summed E-state index contributed by atoms with van der Waals surface area (Å²) in [5.74, 6) is -0.881. The highest BCUT2D eigenvalue weighted by atomic mass is 16.5. The molecule has 0 N–H and O–H groups in total. The summed E-state index contributed by atoms with van der Waals surface area (Å²) in [4.78, 5) is 24.9. The fourth-order valence-corrected chi connectivity index (χ4v) is 2.61. The van der Waals surface area contributed by atoms with Gasteiger partial charge < -0.3 is 10.3 Å². The van der Waals surface area contributed by atoms with Gasteiger partial charge in [0.25, 0.3) is 5.78 Å². The van der Waals surface area contributed by atoms with Crippen LogP contribution < -0.4 is 0 Å². The van der Waals surface area contributed by atoms with E-state index < -0.39 is 5.78 Å². The van der Waals surface area contributed by atoms with Crippen LogP contribution in [0.15, 0.2) is 0 Å². The van der Waals surface area contributed by atoms with Crippen LogP contribution in [0, 0.1) is 0 Å². The van der Waals surface area contributed by atoms with Crippen LogP contribution >= 0.6 is 0 Å². The van der Waals surface area contributed by atoms with Crippen LogP contribution in [0.4, 0.5) is 0 Å². The summed E-state index contributed by atoms with van der Waals surface area (Å²) in [7, 11) is 0. The summed E-state index contributed by atoms with van der Waals surface area (Å²) in [6, 6.07) is 0. The molecule has 5 nitrogen and oxygen atoms in total. The molecule has 0 unspecified atom stereocenters. The molecule has 138 valence electrons. The normalized spacial score (nSPS) is 10.2. The molecule has 0 aliphatic rings. The van der Waals surface area contributed by atoms with E-state index in [9.17, 15) is 9.59 Å². The Morgan fingerprint density at radius 3 is 1.75 bits per heavy atom. The summed E-state index contributed by atoms with van der Waals surface area (Å²) in [5.41, 5.74) is 8.15. The molecule has 0 bridgehead atoms. The van der Waals surface area contributed by atoms with Crippen molar-refractivity contribution in [3.05, 3.63) is 5.53 Å². The van der Waals surface area contributed by atoms with Gasteiger partial charge >= 0.3 is 12.2 Å². The van der Waals surface area contributed by atoms with Gasteiger partial charge in [-0.15, -0.1) is 0 Å². The number of hydrogen-bond donors (Lipinski definition) is 0. The van der Waals surface area contributed by atoms with E-state index in [1.165, 1.54) is 64.2 Å². The first-order valence-electron chi connectivity index (χ1n) is 9.56. The van der Waals surface area contributed by atoms with Crippen molar-refractivity contribution in [1.82, 2.24) is 0 Å². The van der Waals surface area contributed by atoms with Crippen molar-refractivity contribution in [2.75, 3.05) is 6.61 Å². The van der Waals surface area contributed by atoms with E-state index in [-0.39, 0.29) is 12.6 Å². The number of rotatable bonds is 17. The highest BCUT2D eigenvalue weighted by Gasteiger charge is 2.08. The van der Waals surface area contributed by atoms with Crippen LogP contribution in [0.5, 0.6) is 0 Å². The molecular weight excluding hydrogens is 304 g/mol. The first-order valence-corrected chi connectivity index (χ1v) is 9.56. The lowest BCUT2D eigenvalue weighted by Crippen LogP contribution is -2.14. The van der Waals surface area contributed by atoms with Gasteiger partial charge in [-0.2, -0.15) is 4.79 Å². The van der Waals surface area contributed by atoms with Crippen molar-refractivity contribution in [3.63, 3.8) is 0 Å². The van der Waals surface area contributed by atoms with E-state index >= 15 is 0 Å². The molecule has 0 heterocycles. The smallest absolute Gasteiger partial charge is 0.326 e. The minimum atomic E-state index is -0.517. The summed E-state index contributed by atoms with van der Waals surface area (Å²) < 4.78 is 4.77. The summed E-state index contributed by atoms with van der Waals surface area (Å²) in [6.45, 7) is 1.90. The number of hydrogen-bond acceptors (Lipinski definition) is 3. The van der Waals surface area contributed by atoms with Gasteiger partial charge in [-0.1, -0.05) is 84.0 Å². The molecule has 0 spiro atoms. The number of nitrogens with zero attached hydrogens (tertiary/aromatic N) is 2. The zero-order valence-electron chi connectivity index (χ0n) is 15.3. The van der Waals surface area contributed by atoms with Gasteiger partial charge in [0.2, 0.25) is 0 Å². The van der Waals surface area contributed by atoms with Gasteiger partial charge in [0.1, 0.15) is 0 Å². The summed E-state index contributed by atoms with van der Waals surface area (Å²) >= 11 is 0. The molecule has 0 aromatic carbocycles. The molecule has 0 aromatic heterocycles. The van der Waals surface area contributed by atoms with Crippen LogP contribution in [-0.2, 0) is 14.3 Å². The molecule has 5 heteroatoms. The fourth-order valence-electron chi connectivity index (χ4n) is 2.61. The van der Waals surface area contributed by atoms with Gasteiger partial charge in [-0.25, -0.2) is 0 Å². The zero-order chi connectivity index (χ0) is 17.9. The van der Waals surface area contributed by atoms with Crippen molar-refractivity contribution in [2.45, 2.75) is 96.8 Å². The Morgan fingerprint density at radius 2 is 1.29 bits per heavy atom. The number of ether oxygens (including phenoxy) is 1. The fraction of sp³-hybridized carbons (Fsp3) is 0.842. The van der Waals surface area contributed by atoms with Gasteiger partial charge in [0, 0.05) is 6.42 Å². The minimum absolute atomic E-state index is 0.346. The third kappa shape index (κ3) is 16.9. The minimum Gasteiger partial charge on any atom is -0.457 e. The largest absolute Gasteiger partial charge is 0.457 e. The molecule has 0 saturated heterocycles. The molecular formula is C19H34N2O3. The summed E-state index contributed by atoms with van der Waals surface area (Å²) in [5, 5.41) is 0. The third-order valence-corrected chi connectivity index (χ3v) is 4.06. The molecule has 0 amide bonds. The lowest BCUT2D eigenvalue weighted by molar-refractivity contribution is -0.147. The third-order valence-electron chi connectivity index (χ3n) is 4.06. The van der Waals surface area contributed by atoms with Gasteiger partial charge in [-0.05, 0) is 6.42 Å². The van der Waals surface area contributed by atoms with Crippen LogP contribution in [-0.4, -0.2) is 29.4 Å². The molecule has 0 atom stereocenters. The molecule has 0 aliphatic heterocycles. The Kier molecular flexibility index (Phi) is 16.8. The Morgan fingerprint density at radius 1 is 0.833 bits per heavy atom. The van der Waals surface area contributed by atoms with Crippen molar-refractivity contribution in [2.24, 2.45) is 0 Å². The topological polar surface area (TPSA) is 79.8 Å². The van der Waals surface area contributed by atoms with Crippen molar-refractivity contribution < 1.29 is 19.1 Å². The van der Waals surface area contributed by atoms with Gasteiger partial charge in [-0.3, -0.25) is 9.59 Å². The number of carbonyl (C=O) groups excluding carboxylic acids is 2. The van der Waals surface area contributed by atoms with E-state index in [0.717, 1.165) is 25.5 Å². The molecule has 0 rings (SSSR count). The predicted octanol–water partition coefficient (Wildman–Crippen LogP) is 4.88. The number of Topliss-reactive ketones (excluding diaryl/α,β-unsaturated/α-hetero) is 1. The number of ketones is 1. The van der Waals surface area contributed by atoms with E-state index in [1.807, 2.05) is 0 Å². The highest BCUT2D eigenvalue weighted by Crippen LogP contribution is 2.13. The lowest BCUT2D eigenvalue weighted by Gasteiger charge is -2.03. The van der Waals surface area contributed by atoms with Gasteiger partial charge in [0.15, 0.2) is 6.61 Å².